The molecule has 1 atom stereocenters. The number of ether oxygens (including phenoxy) is 1. The van der Waals surface area contributed by atoms with Crippen molar-refractivity contribution >= 4 is 37.4 Å². The molecule has 0 saturated carbocycles. The Hall–Kier alpha value is -1.86. The minimum Gasteiger partial charge on any atom is -0.481 e. The summed E-state index contributed by atoms with van der Waals surface area (Å²) in [4.78, 5) is 12.4. The summed E-state index contributed by atoms with van der Waals surface area (Å²) >= 11 is 3.33. The van der Waals surface area contributed by atoms with Crippen molar-refractivity contribution in [3.8, 4) is 5.75 Å². The number of rotatable bonds is 6. The van der Waals surface area contributed by atoms with Crippen LogP contribution in [0.5, 0.6) is 5.75 Å². The van der Waals surface area contributed by atoms with Crippen molar-refractivity contribution in [2.75, 3.05) is 11.1 Å². The number of nitrogens with one attached hydrogen (secondary N) is 1. The molecule has 5 nitrogen and oxygen atoms in total. The molecule has 0 aliphatic carbocycles. The van der Waals surface area contributed by atoms with E-state index in [1.54, 1.807) is 38.1 Å². The molecule has 0 aliphatic heterocycles. The number of halogens is 1. The molecule has 0 heterocycles. The quantitative estimate of drug-likeness (QED) is 0.786. The molecule has 0 spiro atoms. The summed E-state index contributed by atoms with van der Waals surface area (Å²) in [6.45, 7) is 3.24. The topological polar surface area (TPSA) is 72.5 Å². The van der Waals surface area contributed by atoms with Gasteiger partial charge in [-0.25, -0.2) is 8.42 Å². The second-order valence-corrected chi connectivity index (χ2v) is 8.32. The van der Waals surface area contributed by atoms with E-state index in [0.717, 1.165) is 4.47 Å². The van der Waals surface area contributed by atoms with E-state index in [4.69, 9.17) is 4.74 Å². The number of carbonyl (C=O) groups is 1. The van der Waals surface area contributed by atoms with Gasteiger partial charge in [-0.15, -0.1) is 0 Å². The third-order valence-electron chi connectivity index (χ3n) is 3.36. The average Bonchev–Trinajstić information content (AvgIpc) is 2.57. The van der Waals surface area contributed by atoms with Gasteiger partial charge in [0.05, 0.1) is 10.6 Å². The van der Waals surface area contributed by atoms with Crippen molar-refractivity contribution in [3.05, 3.63) is 53.0 Å². The van der Waals surface area contributed by atoms with E-state index < -0.39 is 15.9 Å². The maximum absolute atomic E-state index is 12.2. The van der Waals surface area contributed by atoms with Crippen molar-refractivity contribution in [1.29, 1.82) is 0 Å². The lowest BCUT2D eigenvalue weighted by Gasteiger charge is -2.15. The van der Waals surface area contributed by atoms with Crippen LogP contribution in [-0.4, -0.2) is 26.2 Å². The highest BCUT2D eigenvalue weighted by molar-refractivity contribution is 9.10. The van der Waals surface area contributed by atoms with Gasteiger partial charge in [-0.05, 0) is 55.5 Å². The lowest BCUT2D eigenvalue weighted by molar-refractivity contribution is -0.122. The van der Waals surface area contributed by atoms with Gasteiger partial charge in [-0.3, -0.25) is 4.79 Å². The summed E-state index contributed by atoms with van der Waals surface area (Å²) in [5, 5.41) is 2.70. The van der Waals surface area contributed by atoms with Gasteiger partial charge in [0.25, 0.3) is 5.91 Å². The highest BCUT2D eigenvalue weighted by Crippen LogP contribution is 2.19. The first kappa shape index (κ1) is 18.5. The third kappa shape index (κ3) is 4.82. The van der Waals surface area contributed by atoms with Crippen LogP contribution in [0.4, 0.5) is 5.69 Å². The average molecular weight is 412 g/mol. The van der Waals surface area contributed by atoms with E-state index in [9.17, 15) is 13.2 Å². The second-order valence-electron chi connectivity index (χ2n) is 5.13. The van der Waals surface area contributed by atoms with E-state index >= 15 is 0 Å². The first-order valence-electron chi connectivity index (χ1n) is 7.37. The molecule has 2 aromatic rings. The summed E-state index contributed by atoms with van der Waals surface area (Å²) in [5.74, 6) is 0.311. The molecular formula is C17H18BrNO4S. The standard InChI is InChI=1S/C17H18BrNO4S/c1-3-24(21,22)16-10-6-14(7-11-16)19-17(20)12(2)23-15-8-4-13(18)5-9-15/h4-12H,3H2,1-2H3,(H,19,20). The van der Waals surface area contributed by atoms with Crippen LogP contribution in [0.2, 0.25) is 0 Å². The molecule has 0 saturated heterocycles. The van der Waals surface area contributed by atoms with E-state index in [0.29, 0.717) is 11.4 Å². The van der Waals surface area contributed by atoms with Gasteiger partial charge in [0.15, 0.2) is 15.9 Å². The Bertz CT molecular complexity index is 801. The highest BCUT2D eigenvalue weighted by atomic mass is 79.9. The SMILES string of the molecule is CCS(=O)(=O)c1ccc(NC(=O)C(C)Oc2ccc(Br)cc2)cc1. The van der Waals surface area contributed by atoms with Gasteiger partial charge >= 0.3 is 0 Å². The molecule has 0 aromatic heterocycles. The largest absolute Gasteiger partial charge is 0.481 e. The fourth-order valence-corrected chi connectivity index (χ4v) is 3.08. The number of sulfone groups is 1. The summed E-state index contributed by atoms with van der Waals surface area (Å²) in [7, 11) is -3.25. The summed E-state index contributed by atoms with van der Waals surface area (Å²) < 4.78 is 30.0. The van der Waals surface area contributed by atoms with Gasteiger partial charge in [0.1, 0.15) is 5.75 Å². The van der Waals surface area contributed by atoms with Crippen LogP contribution in [0.3, 0.4) is 0 Å². The van der Waals surface area contributed by atoms with Gasteiger partial charge in [0, 0.05) is 10.2 Å². The van der Waals surface area contributed by atoms with Gasteiger partial charge in [0.2, 0.25) is 0 Å². The third-order valence-corrected chi connectivity index (χ3v) is 5.64. The van der Waals surface area contributed by atoms with Crippen molar-refractivity contribution in [1.82, 2.24) is 0 Å². The van der Waals surface area contributed by atoms with Crippen molar-refractivity contribution in [3.63, 3.8) is 0 Å². The molecular weight excluding hydrogens is 394 g/mol. The monoisotopic (exact) mass is 411 g/mol. The molecule has 2 aromatic carbocycles. The molecule has 0 fully saturated rings. The van der Waals surface area contributed by atoms with Crippen LogP contribution < -0.4 is 10.1 Å². The maximum atomic E-state index is 12.2. The summed E-state index contributed by atoms with van der Waals surface area (Å²) in [6.07, 6.45) is -0.690. The summed E-state index contributed by atoms with van der Waals surface area (Å²) in [5.41, 5.74) is 0.515. The van der Waals surface area contributed by atoms with Crippen molar-refractivity contribution in [2.45, 2.75) is 24.8 Å². The first-order chi connectivity index (χ1) is 11.3. The molecule has 0 aliphatic rings. The number of hydrogen-bond donors (Lipinski definition) is 1. The highest BCUT2D eigenvalue weighted by Gasteiger charge is 2.16. The van der Waals surface area contributed by atoms with Gasteiger partial charge in [-0.2, -0.15) is 0 Å². The fraction of sp³-hybridized carbons (Fsp3) is 0.235. The van der Waals surface area contributed by atoms with Gasteiger partial charge in [-0.1, -0.05) is 22.9 Å². The lowest BCUT2D eigenvalue weighted by Crippen LogP contribution is -2.30. The normalized spacial score (nSPS) is 12.5. The summed E-state index contributed by atoms with van der Waals surface area (Å²) in [6, 6.07) is 13.3. The zero-order valence-electron chi connectivity index (χ0n) is 13.3. The molecule has 1 unspecified atom stereocenters. The number of amides is 1. The molecule has 2 rings (SSSR count). The van der Waals surface area contributed by atoms with Crippen LogP contribution in [-0.2, 0) is 14.6 Å². The fourth-order valence-electron chi connectivity index (χ4n) is 1.93. The zero-order valence-corrected chi connectivity index (χ0v) is 15.7. The minimum atomic E-state index is -3.25. The molecule has 1 N–H and O–H groups in total. The second kappa shape index (κ2) is 7.81. The smallest absolute Gasteiger partial charge is 0.265 e. The zero-order chi connectivity index (χ0) is 17.7. The number of carbonyl (C=O) groups excluding carboxylic acids is 1. The predicted octanol–water partition coefficient (Wildman–Crippen LogP) is 3.65. The first-order valence-corrected chi connectivity index (χ1v) is 9.82. The molecule has 0 bridgehead atoms. The molecule has 128 valence electrons. The van der Waals surface area contributed by atoms with Crippen molar-refractivity contribution < 1.29 is 17.9 Å². The Morgan fingerprint density at radius 1 is 1.12 bits per heavy atom. The van der Waals surface area contributed by atoms with Crippen LogP contribution in [0.25, 0.3) is 0 Å². The molecule has 7 heteroatoms. The predicted molar refractivity (Wildman–Crippen MR) is 97.0 cm³/mol. The lowest BCUT2D eigenvalue weighted by atomic mass is 10.3. The Labute approximate surface area is 150 Å². The van der Waals surface area contributed by atoms with Gasteiger partial charge < -0.3 is 10.1 Å². The number of anilines is 1. The van der Waals surface area contributed by atoms with E-state index in [1.807, 2.05) is 12.1 Å². The van der Waals surface area contributed by atoms with Crippen LogP contribution >= 0.6 is 15.9 Å². The van der Waals surface area contributed by atoms with E-state index in [1.165, 1.54) is 12.1 Å². The maximum Gasteiger partial charge on any atom is 0.265 e. The minimum absolute atomic E-state index is 0.0385. The van der Waals surface area contributed by atoms with E-state index in [-0.39, 0.29) is 16.6 Å². The Morgan fingerprint density at radius 2 is 1.71 bits per heavy atom. The van der Waals surface area contributed by atoms with E-state index in [2.05, 4.69) is 21.2 Å². The Kier molecular flexibility index (Phi) is 6.01. The molecule has 1 amide bonds. The van der Waals surface area contributed by atoms with Crippen LogP contribution in [0.1, 0.15) is 13.8 Å². The molecule has 0 radical (unpaired) electrons. The Morgan fingerprint density at radius 3 is 2.25 bits per heavy atom. The number of hydrogen-bond acceptors (Lipinski definition) is 4. The number of benzene rings is 2. The van der Waals surface area contributed by atoms with Crippen molar-refractivity contribution in [2.24, 2.45) is 0 Å². The van der Waals surface area contributed by atoms with Crippen LogP contribution in [0, 0.1) is 0 Å². The Balaban J connectivity index is 1.99. The molecule has 24 heavy (non-hydrogen) atoms. The van der Waals surface area contributed by atoms with Crippen LogP contribution in [0.15, 0.2) is 57.9 Å².